The molecule has 2 rings (SSSR count). The van der Waals surface area contributed by atoms with Crippen molar-refractivity contribution in [2.75, 3.05) is 13.6 Å². The normalized spacial score (nSPS) is 15.5. The van der Waals surface area contributed by atoms with Crippen molar-refractivity contribution in [3.05, 3.63) is 33.7 Å². The summed E-state index contributed by atoms with van der Waals surface area (Å²) in [5.41, 5.74) is -0.365. The Hall–Kier alpha value is -2.11. The average Bonchev–Trinajstić information content (AvgIpc) is 2.89. The van der Waals surface area contributed by atoms with E-state index in [1.54, 1.807) is 28.9 Å². The summed E-state index contributed by atoms with van der Waals surface area (Å²) in [6.45, 7) is 8.52. The fourth-order valence-electron chi connectivity index (χ4n) is 3.73. The van der Waals surface area contributed by atoms with Gasteiger partial charge in [0.2, 0.25) is 5.43 Å². The molecule has 0 unspecified atom stereocenters. The van der Waals surface area contributed by atoms with Crippen molar-refractivity contribution < 1.29 is 9.59 Å². The smallest absolute Gasteiger partial charge is 0.259 e. The van der Waals surface area contributed by atoms with Crippen molar-refractivity contribution >= 4 is 11.8 Å². The molecule has 0 atom stereocenters. The summed E-state index contributed by atoms with van der Waals surface area (Å²) in [4.78, 5) is 40.3. The van der Waals surface area contributed by atoms with Gasteiger partial charge in [0.1, 0.15) is 11.1 Å². The Balaban J connectivity index is 2.35. The monoisotopic (exact) mass is 389 g/mol. The van der Waals surface area contributed by atoms with E-state index >= 15 is 0 Å². The first kappa shape index (κ1) is 22.2. The Kier molecular flexibility index (Phi) is 7.84. The molecule has 28 heavy (non-hydrogen) atoms. The van der Waals surface area contributed by atoms with E-state index < -0.39 is 5.43 Å². The highest BCUT2D eigenvalue weighted by Crippen LogP contribution is 2.18. The van der Waals surface area contributed by atoms with Crippen LogP contribution in [0.3, 0.4) is 0 Å². The van der Waals surface area contributed by atoms with Gasteiger partial charge in [0.25, 0.3) is 11.8 Å². The molecule has 1 heterocycles. The number of aromatic nitrogens is 1. The van der Waals surface area contributed by atoms with E-state index in [1.807, 2.05) is 27.7 Å². The lowest BCUT2D eigenvalue weighted by atomic mass is 10.1. The maximum Gasteiger partial charge on any atom is 0.259 e. The van der Waals surface area contributed by atoms with Crippen LogP contribution in [0, 0.1) is 5.92 Å². The summed E-state index contributed by atoms with van der Waals surface area (Å²) < 4.78 is 1.78. The van der Waals surface area contributed by atoms with E-state index in [4.69, 9.17) is 0 Å². The molecule has 6 nitrogen and oxygen atoms in total. The van der Waals surface area contributed by atoms with E-state index in [0.717, 1.165) is 25.7 Å². The third-order valence-corrected chi connectivity index (χ3v) is 5.29. The third kappa shape index (κ3) is 5.69. The topological polar surface area (TPSA) is 71.4 Å². The van der Waals surface area contributed by atoms with E-state index in [9.17, 15) is 14.4 Å². The van der Waals surface area contributed by atoms with Gasteiger partial charge >= 0.3 is 0 Å². The first-order valence-electron chi connectivity index (χ1n) is 10.5. The fraction of sp³-hybridized carbons (Fsp3) is 0.682. The molecule has 1 aliphatic carbocycles. The van der Waals surface area contributed by atoms with Crippen molar-refractivity contribution in [3.63, 3.8) is 0 Å². The minimum atomic E-state index is -0.483. The van der Waals surface area contributed by atoms with E-state index in [-0.39, 0.29) is 35.0 Å². The van der Waals surface area contributed by atoms with Gasteiger partial charge in [0, 0.05) is 38.1 Å². The maximum absolute atomic E-state index is 13.0. The molecule has 0 saturated heterocycles. The third-order valence-electron chi connectivity index (χ3n) is 5.29. The highest BCUT2D eigenvalue weighted by atomic mass is 16.2. The maximum atomic E-state index is 13.0. The highest BCUT2D eigenvalue weighted by molar-refractivity contribution is 5.99. The lowest BCUT2D eigenvalue weighted by Crippen LogP contribution is -2.40. The number of pyridine rings is 1. The van der Waals surface area contributed by atoms with Crippen LogP contribution in [-0.2, 0) is 0 Å². The zero-order chi connectivity index (χ0) is 20.8. The van der Waals surface area contributed by atoms with Crippen LogP contribution in [0.4, 0.5) is 0 Å². The summed E-state index contributed by atoms with van der Waals surface area (Å²) in [6.07, 6.45) is 9.63. The van der Waals surface area contributed by atoms with Gasteiger partial charge in [-0.05, 0) is 32.6 Å². The first-order chi connectivity index (χ1) is 13.2. The summed E-state index contributed by atoms with van der Waals surface area (Å²) in [5, 5.41) is 3.03. The predicted molar refractivity (Wildman–Crippen MR) is 112 cm³/mol. The summed E-state index contributed by atoms with van der Waals surface area (Å²) >= 11 is 0. The Morgan fingerprint density at radius 2 is 1.64 bits per heavy atom. The molecule has 0 spiro atoms. The average molecular weight is 390 g/mol. The van der Waals surface area contributed by atoms with Crippen molar-refractivity contribution in [3.8, 4) is 0 Å². The molecule has 0 radical (unpaired) electrons. The zero-order valence-corrected chi connectivity index (χ0v) is 18.0. The second-order valence-electron chi connectivity index (χ2n) is 8.70. The van der Waals surface area contributed by atoms with Crippen molar-refractivity contribution in [1.82, 2.24) is 14.8 Å². The number of nitrogens with one attached hydrogen (secondary N) is 1. The van der Waals surface area contributed by atoms with Gasteiger partial charge < -0.3 is 14.8 Å². The molecule has 2 amide bonds. The molecule has 1 aliphatic rings. The SMILES string of the molecule is CC(C)CN(C)C(=O)c1cn(C(C)C)cc(C(=O)NC2CCCCCC2)c1=O. The van der Waals surface area contributed by atoms with Gasteiger partial charge in [-0.25, -0.2) is 0 Å². The molecule has 0 bridgehead atoms. The number of hydrogen-bond acceptors (Lipinski definition) is 3. The minimum Gasteiger partial charge on any atom is -0.350 e. The second kappa shape index (κ2) is 9.89. The van der Waals surface area contributed by atoms with Gasteiger partial charge in [-0.1, -0.05) is 39.5 Å². The van der Waals surface area contributed by atoms with E-state index in [1.165, 1.54) is 12.8 Å². The molecule has 1 aromatic heterocycles. The number of hydrogen-bond donors (Lipinski definition) is 1. The fourth-order valence-corrected chi connectivity index (χ4v) is 3.73. The Morgan fingerprint density at radius 1 is 1.07 bits per heavy atom. The molecule has 1 saturated carbocycles. The zero-order valence-electron chi connectivity index (χ0n) is 18.0. The number of rotatable bonds is 6. The summed E-state index contributed by atoms with van der Waals surface area (Å²) in [7, 11) is 1.69. The molecular weight excluding hydrogens is 354 g/mol. The predicted octanol–water partition coefficient (Wildman–Crippen LogP) is 3.61. The quantitative estimate of drug-likeness (QED) is 0.756. The number of carbonyl (C=O) groups is 2. The second-order valence-corrected chi connectivity index (χ2v) is 8.70. The minimum absolute atomic E-state index is 0.0342. The Morgan fingerprint density at radius 3 is 2.18 bits per heavy atom. The lowest BCUT2D eigenvalue weighted by Gasteiger charge is -2.21. The van der Waals surface area contributed by atoms with Crippen molar-refractivity contribution in [2.24, 2.45) is 5.92 Å². The van der Waals surface area contributed by atoms with Gasteiger partial charge in [-0.15, -0.1) is 0 Å². The first-order valence-corrected chi connectivity index (χ1v) is 10.5. The Bertz CT molecular complexity index is 744. The summed E-state index contributed by atoms with van der Waals surface area (Å²) in [5.74, 6) is -0.410. The highest BCUT2D eigenvalue weighted by Gasteiger charge is 2.24. The van der Waals surface area contributed by atoms with Gasteiger partial charge in [0.05, 0.1) is 0 Å². The van der Waals surface area contributed by atoms with Gasteiger partial charge in [0.15, 0.2) is 0 Å². The number of amides is 2. The van der Waals surface area contributed by atoms with Gasteiger partial charge in [-0.3, -0.25) is 14.4 Å². The van der Waals surface area contributed by atoms with Crippen LogP contribution in [0.2, 0.25) is 0 Å². The standard InChI is InChI=1S/C22H35N3O3/c1-15(2)12-24(5)22(28)19-14-25(16(3)4)13-18(20(19)26)21(27)23-17-10-8-6-7-9-11-17/h13-17H,6-12H2,1-5H3,(H,23,27). The largest absolute Gasteiger partial charge is 0.350 e. The van der Waals surface area contributed by atoms with Crippen LogP contribution in [-0.4, -0.2) is 40.9 Å². The number of carbonyl (C=O) groups excluding carboxylic acids is 2. The molecule has 1 N–H and O–H groups in total. The van der Waals surface area contributed by atoms with Gasteiger partial charge in [-0.2, -0.15) is 0 Å². The molecule has 1 fully saturated rings. The van der Waals surface area contributed by atoms with Crippen LogP contribution in [0.25, 0.3) is 0 Å². The van der Waals surface area contributed by atoms with Crippen LogP contribution < -0.4 is 10.7 Å². The summed E-state index contributed by atoms with van der Waals surface area (Å²) in [6, 6.07) is 0.136. The van der Waals surface area contributed by atoms with Crippen molar-refractivity contribution in [1.29, 1.82) is 0 Å². The lowest BCUT2D eigenvalue weighted by molar-refractivity contribution is 0.0777. The molecular formula is C22H35N3O3. The van der Waals surface area contributed by atoms with E-state index in [2.05, 4.69) is 5.32 Å². The van der Waals surface area contributed by atoms with Crippen LogP contribution in [0.5, 0.6) is 0 Å². The van der Waals surface area contributed by atoms with Crippen LogP contribution in [0.15, 0.2) is 17.2 Å². The number of nitrogens with zero attached hydrogens (tertiary/aromatic N) is 2. The van der Waals surface area contributed by atoms with Crippen LogP contribution >= 0.6 is 0 Å². The Labute approximate surface area is 168 Å². The van der Waals surface area contributed by atoms with Crippen molar-refractivity contribution in [2.45, 2.75) is 78.3 Å². The molecule has 156 valence electrons. The molecule has 1 aromatic rings. The van der Waals surface area contributed by atoms with E-state index in [0.29, 0.717) is 12.5 Å². The molecule has 6 heteroatoms. The molecule has 0 aromatic carbocycles. The van der Waals surface area contributed by atoms with Crippen LogP contribution in [0.1, 0.15) is 93.0 Å². The molecule has 0 aliphatic heterocycles.